The first-order valence-corrected chi connectivity index (χ1v) is 6.95. The van der Waals surface area contributed by atoms with Crippen LogP contribution in [0.5, 0.6) is 0 Å². The van der Waals surface area contributed by atoms with Crippen molar-refractivity contribution in [2.45, 2.75) is 12.5 Å². The first-order chi connectivity index (χ1) is 10.3. The van der Waals surface area contributed by atoms with Gasteiger partial charge in [-0.3, -0.25) is 4.79 Å². The molecule has 6 heteroatoms. The molecule has 1 saturated heterocycles. The van der Waals surface area contributed by atoms with E-state index in [1.165, 1.54) is 0 Å². The van der Waals surface area contributed by atoms with Crippen LogP contribution < -0.4 is 0 Å². The molecule has 0 radical (unpaired) electrons. The third kappa shape index (κ3) is 2.08. The zero-order valence-electron chi connectivity index (χ0n) is 11.3. The van der Waals surface area contributed by atoms with Crippen LogP contribution in [0.25, 0.3) is 11.0 Å². The van der Waals surface area contributed by atoms with E-state index in [1.807, 2.05) is 40.0 Å². The van der Waals surface area contributed by atoms with E-state index in [0.29, 0.717) is 18.8 Å². The van der Waals surface area contributed by atoms with Crippen LogP contribution in [0.15, 0.2) is 47.1 Å². The average Bonchev–Trinajstić information content (AvgIpc) is 3.24. The Balaban J connectivity index is 1.55. The Morgan fingerprint density at radius 1 is 1.33 bits per heavy atom. The molecule has 0 N–H and O–H groups in total. The Hall–Kier alpha value is -2.63. The van der Waals surface area contributed by atoms with Gasteiger partial charge in [0.25, 0.3) is 5.91 Å². The Bertz CT molecular complexity index is 745. The topological polar surface area (TPSA) is 64.2 Å². The van der Waals surface area contributed by atoms with Crippen molar-refractivity contribution in [3.8, 4) is 0 Å². The molecule has 4 rings (SSSR count). The summed E-state index contributed by atoms with van der Waals surface area (Å²) >= 11 is 0. The van der Waals surface area contributed by atoms with Gasteiger partial charge in [-0.15, -0.1) is 5.10 Å². The smallest absolute Gasteiger partial charge is 0.289 e. The van der Waals surface area contributed by atoms with Gasteiger partial charge in [-0.1, -0.05) is 23.4 Å². The number of hydrogen-bond donors (Lipinski definition) is 0. The number of carbonyl (C=O) groups is 1. The fourth-order valence-corrected chi connectivity index (χ4v) is 2.80. The second-order valence-electron chi connectivity index (χ2n) is 5.23. The van der Waals surface area contributed by atoms with Crippen molar-refractivity contribution in [1.29, 1.82) is 0 Å². The summed E-state index contributed by atoms with van der Waals surface area (Å²) in [4.78, 5) is 14.3. The zero-order valence-corrected chi connectivity index (χ0v) is 11.3. The fourth-order valence-electron chi connectivity index (χ4n) is 2.80. The highest BCUT2D eigenvalue weighted by molar-refractivity contribution is 5.96. The minimum atomic E-state index is -0.0613. The molecule has 1 fully saturated rings. The largest absolute Gasteiger partial charge is 0.451 e. The molecule has 1 amide bonds. The van der Waals surface area contributed by atoms with Crippen molar-refractivity contribution in [2.24, 2.45) is 0 Å². The molecule has 1 aliphatic rings. The van der Waals surface area contributed by atoms with Gasteiger partial charge in [0.15, 0.2) is 5.76 Å². The minimum absolute atomic E-state index is 0.0613. The molecule has 1 atom stereocenters. The van der Waals surface area contributed by atoms with Crippen LogP contribution in [0.4, 0.5) is 0 Å². The summed E-state index contributed by atoms with van der Waals surface area (Å²) in [7, 11) is 0. The maximum Gasteiger partial charge on any atom is 0.289 e. The van der Waals surface area contributed by atoms with Gasteiger partial charge in [0.05, 0.1) is 12.2 Å². The highest BCUT2D eigenvalue weighted by Gasteiger charge is 2.30. The zero-order chi connectivity index (χ0) is 14.2. The van der Waals surface area contributed by atoms with Crippen LogP contribution in [0, 0.1) is 0 Å². The van der Waals surface area contributed by atoms with Crippen LogP contribution in [0.1, 0.15) is 23.0 Å². The highest BCUT2D eigenvalue weighted by atomic mass is 16.3. The summed E-state index contributed by atoms with van der Waals surface area (Å²) in [5.41, 5.74) is 0.743. The van der Waals surface area contributed by atoms with Gasteiger partial charge in [0, 0.05) is 24.7 Å². The number of nitrogens with zero attached hydrogens (tertiary/aromatic N) is 4. The van der Waals surface area contributed by atoms with E-state index in [4.69, 9.17) is 4.42 Å². The summed E-state index contributed by atoms with van der Waals surface area (Å²) in [5.74, 6) is 0.337. The number of aromatic nitrogens is 3. The highest BCUT2D eigenvalue weighted by Crippen LogP contribution is 2.25. The molecular formula is C15H14N4O2. The number of para-hydroxylation sites is 1. The molecule has 0 saturated carbocycles. The summed E-state index contributed by atoms with van der Waals surface area (Å²) in [6.45, 7) is 1.35. The molecule has 0 aliphatic carbocycles. The third-order valence-electron chi connectivity index (χ3n) is 3.90. The van der Waals surface area contributed by atoms with Gasteiger partial charge in [-0.25, -0.2) is 4.68 Å². The van der Waals surface area contributed by atoms with E-state index >= 15 is 0 Å². The number of benzene rings is 1. The standard InChI is InChI=1S/C15H14N4O2/c20-15(14-9-11-3-1-2-4-13(11)21-14)18-7-5-12(10-18)19-8-6-16-17-19/h1-4,6,8-9,12H,5,7,10H2/t12-/m0/s1. The first kappa shape index (κ1) is 12.1. The lowest BCUT2D eigenvalue weighted by Gasteiger charge is -2.14. The fraction of sp³-hybridized carbons (Fsp3) is 0.267. The van der Waals surface area contributed by atoms with Crippen molar-refractivity contribution in [2.75, 3.05) is 13.1 Å². The van der Waals surface area contributed by atoms with Gasteiger partial charge in [-0.05, 0) is 18.6 Å². The number of furan rings is 1. The van der Waals surface area contributed by atoms with Crippen molar-refractivity contribution in [1.82, 2.24) is 19.9 Å². The van der Waals surface area contributed by atoms with Gasteiger partial charge < -0.3 is 9.32 Å². The second-order valence-corrected chi connectivity index (χ2v) is 5.23. The second kappa shape index (κ2) is 4.73. The Kier molecular flexibility index (Phi) is 2.73. The van der Waals surface area contributed by atoms with Crippen molar-refractivity contribution < 1.29 is 9.21 Å². The molecule has 0 unspecified atom stereocenters. The van der Waals surface area contributed by atoms with Gasteiger partial charge in [0.2, 0.25) is 0 Å². The lowest BCUT2D eigenvalue weighted by molar-refractivity contribution is 0.0757. The maximum absolute atomic E-state index is 12.5. The van der Waals surface area contributed by atoms with E-state index in [9.17, 15) is 4.79 Å². The van der Waals surface area contributed by atoms with E-state index in [0.717, 1.165) is 17.4 Å². The van der Waals surface area contributed by atoms with Crippen LogP contribution in [0.2, 0.25) is 0 Å². The summed E-state index contributed by atoms with van der Waals surface area (Å²) < 4.78 is 7.45. The van der Waals surface area contributed by atoms with Crippen LogP contribution >= 0.6 is 0 Å². The molecule has 106 valence electrons. The number of likely N-dealkylation sites (tertiary alicyclic amines) is 1. The summed E-state index contributed by atoms with van der Waals surface area (Å²) in [5, 5.41) is 8.77. The SMILES string of the molecule is O=C(c1cc2ccccc2o1)N1CC[C@H](n2ccnn2)C1. The molecule has 2 aromatic heterocycles. The van der Waals surface area contributed by atoms with E-state index < -0.39 is 0 Å². The Morgan fingerprint density at radius 3 is 3.05 bits per heavy atom. The van der Waals surface area contributed by atoms with E-state index in [-0.39, 0.29) is 11.9 Å². The third-order valence-corrected chi connectivity index (χ3v) is 3.90. The molecule has 3 aromatic rings. The molecule has 1 aromatic carbocycles. The van der Waals surface area contributed by atoms with Gasteiger partial charge in [-0.2, -0.15) is 0 Å². The first-order valence-electron chi connectivity index (χ1n) is 6.95. The quantitative estimate of drug-likeness (QED) is 0.722. The molecule has 1 aliphatic heterocycles. The van der Waals surface area contributed by atoms with Crippen molar-refractivity contribution in [3.63, 3.8) is 0 Å². The molecular weight excluding hydrogens is 268 g/mol. The normalized spacial score (nSPS) is 18.5. The monoisotopic (exact) mass is 282 g/mol. The Morgan fingerprint density at radius 2 is 2.24 bits per heavy atom. The number of fused-ring (bicyclic) bond motifs is 1. The summed E-state index contributed by atoms with van der Waals surface area (Å²) in [6.07, 6.45) is 4.37. The number of rotatable bonds is 2. The maximum atomic E-state index is 12.5. The van der Waals surface area contributed by atoms with Crippen LogP contribution in [-0.2, 0) is 0 Å². The predicted molar refractivity (Wildman–Crippen MR) is 75.8 cm³/mol. The molecule has 0 bridgehead atoms. The molecule has 6 nitrogen and oxygen atoms in total. The minimum Gasteiger partial charge on any atom is -0.451 e. The average molecular weight is 282 g/mol. The predicted octanol–water partition coefficient (Wildman–Crippen LogP) is 2.11. The number of hydrogen-bond acceptors (Lipinski definition) is 4. The number of carbonyl (C=O) groups excluding carboxylic acids is 1. The summed E-state index contributed by atoms with van der Waals surface area (Å²) in [6, 6.07) is 9.65. The van der Waals surface area contributed by atoms with Crippen molar-refractivity contribution in [3.05, 3.63) is 48.5 Å². The lowest BCUT2D eigenvalue weighted by Crippen LogP contribution is -2.28. The van der Waals surface area contributed by atoms with Crippen LogP contribution in [0.3, 0.4) is 0 Å². The van der Waals surface area contributed by atoms with Crippen LogP contribution in [-0.4, -0.2) is 38.9 Å². The Labute approximate surface area is 121 Å². The van der Waals surface area contributed by atoms with Gasteiger partial charge in [0.1, 0.15) is 5.58 Å². The van der Waals surface area contributed by atoms with Gasteiger partial charge >= 0.3 is 0 Å². The van der Waals surface area contributed by atoms with E-state index in [1.54, 1.807) is 12.3 Å². The van der Waals surface area contributed by atoms with Crippen molar-refractivity contribution >= 4 is 16.9 Å². The molecule has 21 heavy (non-hydrogen) atoms. The molecule has 0 spiro atoms. The number of amides is 1. The lowest BCUT2D eigenvalue weighted by atomic mass is 10.2. The van der Waals surface area contributed by atoms with E-state index in [2.05, 4.69) is 10.3 Å². The molecule has 3 heterocycles.